The summed E-state index contributed by atoms with van der Waals surface area (Å²) >= 11 is 1.76. The van der Waals surface area contributed by atoms with Crippen molar-refractivity contribution in [3.63, 3.8) is 0 Å². The van der Waals surface area contributed by atoms with Crippen LogP contribution in [0.4, 0.5) is 0 Å². The Bertz CT molecular complexity index is 1040. The molecule has 30 heavy (non-hydrogen) atoms. The molecule has 0 spiro atoms. The Hall–Kier alpha value is -2.37. The van der Waals surface area contributed by atoms with Crippen molar-refractivity contribution < 1.29 is 9.53 Å². The Kier molecular flexibility index (Phi) is 5.48. The SMILES string of the molecule is COc1ccc2cc(-c3ccc(C(=O)N4CCCC4CN4CCCC4)cc3)sc2c1. The largest absolute Gasteiger partial charge is 0.497 e. The fourth-order valence-corrected chi connectivity index (χ4v) is 5.88. The highest BCUT2D eigenvalue weighted by atomic mass is 32.1. The van der Waals surface area contributed by atoms with Gasteiger partial charge in [0.25, 0.3) is 5.91 Å². The maximum absolute atomic E-state index is 13.2. The molecule has 2 aliphatic rings. The molecule has 2 saturated heterocycles. The van der Waals surface area contributed by atoms with E-state index in [1.807, 2.05) is 18.2 Å². The van der Waals surface area contributed by atoms with E-state index >= 15 is 0 Å². The number of thiophene rings is 1. The number of fused-ring (bicyclic) bond motifs is 1. The zero-order valence-electron chi connectivity index (χ0n) is 17.5. The van der Waals surface area contributed by atoms with Crippen LogP contribution in [0.5, 0.6) is 5.75 Å². The molecule has 0 aliphatic carbocycles. The number of carbonyl (C=O) groups excluding carboxylic acids is 1. The van der Waals surface area contributed by atoms with Gasteiger partial charge in [0.05, 0.1) is 7.11 Å². The number of likely N-dealkylation sites (tertiary alicyclic amines) is 2. The molecule has 5 heteroatoms. The van der Waals surface area contributed by atoms with Crippen LogP contribution in [0.1, 0.15) is 36.0 Å². The van der Waals surface area contributed by atoms with Crippen molar-refractivity contribution in [3.8, 4) is 16.2 Å². The van der Waals surface area contributed by atoms with Gasteiger partial charge in [-0.1, -0.05) is 12.1 Å². The number of benzene rings is 2. The maximum atomic E-state index is 13.2. The second-order valence-corrected chi connectivity index (χ2v) is 9.48. The first-order valence-electron chi connectivity index (χ1n) is 10.9. The van der Waals surface area contributed by atoms with E-state index in [9.17, 15) is 4.79 Å². The molecule has 2 aromatic carbocycles. The van der Waals surface area contributed by atoms with E-state index in [4.69, 9.17) is 4.74 Å². The zero-order chi connectivity index (χ0) is 20.5. The number of rotatable bonds is 5. The minimum Gasteiger partial charge on any atom is -0.497 e. The van der Waals surface area contributed by atoms with Crippen LogP contribution < -0.4 is 4.74 Å². The molecule has 3 heterocycles. The van der Waals surface area contributed by atoms with Crippen molar-refractivity contribution in [2.45, 2.75) is 31.7 Å². The van der Waals surface area contributed by atoms with Gasteiger partial charge in [0.15, 0.2) is 0 Å². The monoisotopic (exact) mass is 420 g/mol. The highest BCUT2D eigenvalue weighted by molar-refractivity contribution is 7.22. The van der Waals surface area contributed by atoms with Crippen molar-refractivity contribution >= 4 is 27.3 Å². The molecule has 0 bridgehead atoms. The van der Waals surface area contributed by atoms with Crippen LogP contribution in [0.15, 0.2) is 48.5 Å². The van der Waals surface area contributed by atoms with Crippen LogP contribution in [-0.4, -0.2) is 55.0 Å². The van der Waals surface area contributed by atoms with Gasteiger partial charge in [0.1, 0.15) is 5.75 Å². The van der Waals surface area contributed by atoms with Crippen LogP contribution in [-0.2, 0) is 0 Å². The highest BCUT2D eigenvalue weighted by Gasteiger charge is 2.31. The van der Waals surface area contributed by atoms with Crippen LogP contribution in [0.3, 0.4) is 0 Å². The van der Waals surface area contributed by atoms with E-state index in [1.54, 1.807) is 18.4 Å². The van der Waals surface area contributed by atoms with Crippen LogP contribution in [0.2, 0.25) is 0 Å². The van der Waals surface area contributed by atoms with E-state index in [1.165, 1.54) is 40.9 Å². The molecule has 2 aliphatic heterocycles. The summed E-state index contributed by atoms with van der Waals surface area (Å²) in [6, 6.07) is 16.9. The smallest absolute Gasteiger partial charge is 0.254 e. The van der Waals surface area contributed by atoms with Gasteiger partial charge in [-0.15, -0.1) is 11.3 Å². The van der Waals surface area contributed by atoms with E-state index in [0.29, 0.717) is 6.04 Å². The Morgan fingerprint density at radius 1 is 1.03 bits per heavy atom. The number of ether oxygens (including phenoxy) is 1. The van der Waals surface area contributed by atoms with Gasteiger partial charge in [-0.2, -0.15) is 0 Å². The first-order chi connectivity index (χ1) is 14.7. The minimum atomic E-state index is 0.185. The second-order valence-electron chi connectivity index (χ2n) is 8.39. The lowest BCUT2D eigenvalue weighted by atomic mass is 10.1. The summed E-state index contributed by atoms with van der Waals surface area (Å²) < 4.78 is 6.55. The molecule has 1 unspecified atom stereocenters. The third-order valence-corrected chi connectivity index (χ3v) is 7.60. The molecule has 1 atom stereocenters. The first kappa shape index (κ1) is 19.6. The molecular weight excluding hydrogens is 392 g/mol. The van der Waals surface area contributed by atoms with E-state index in [0.717, 1.165) is 42.8 Å². The van der Waals surface area contributed by atoms with E-state index in [2.05, 4.69) is 40.1 Å². The van der Waals surface area contributed by atoms with Gasteiger partial charge in [0.2, 0.25) is 0 Å². The Morgan fingerprint density at radius 3 is 2.60 bits per heavy atom. The Balaban J connectivity index is 1.32. The van der Waals surface area contributed by atoms with E-state index in [-0.39, 0.29) is 5.91 Å². The zero-order valence-corrected chi connectivity index (χ0v) is 18.3. The van der Waals surface area contributed by atoms with Crippen molar-refractivity contribution in [2.75, 3.05) is 33.3 Å². The summed E-state index contributed by atoms with van der Waals surface area (Å²) in [7, 11) is 1.70. The van der Waals surface area contributed by atoms with Crippen LogP contribution in [0, 0.1) is 0 Å². The van der Waals surface area contributed by atoms with Crippen molar-refractivity contribution in [2.24, 2.45) is 0 Å². The average molecular weight is 421 g/mol. The standard InChI is InChI=1S/C25H28N2O2S/c1-29-22-11-10-20-15-23(30-24(20)16-22)18-6-8-19(9-7-18)25(28)27-14-4-5-21(27)17-26-12-2-3-13-26/h6-11,15-16,21H,2-5,12-14,17H2,1H3. The summed E-state index contributed by atoms with van der Waals surface area (Å²) in [5.41, 5.74) is 1.96. The Morgan fingerprint density at radius 2 is 1.83 bits per heavy atom. The van der Waals surface area contributed by atoms with Crippen molar-refractivity contribution in [3.05, 3.63) is 54.1 Å². The molecule has 5 rings (SSSR count). The predicted molar refractivity (Wildman–Crippen MR) is 124 cm³/mol. The summed E-state index contributed by atoms with van der Waals surface area (Å²) in [5.74, 6) is 1.07. The average Bonchev–Trinajstić information content (AvgIpc) is 3.54. The molecule has 0 N–H and O–H groups in total. The Labute approximate surface area is 182 Å². The summed E-state index contributed by atoms with van der Waals surface area (Å²) in [5, 5.41) is 1.22. The van der Waals surface area contributed by atoms with Gasteiger partial charge >= 0.3 is 0 Å². The number of hydrogen-bond donors (Lipinski definition) is 0. The molecule has 2 fully saturated rings. The topological polar surface area (TPSA) is 32.8 Å². The van der Waals surface area contributed by atoms with Crippen LogP contribution in [0.25, 0.3) is 20.5 Å². The lowest BCUT2D eigenvalue weighted by molar-refractivity contribution is 0.0709. The van der Waals surface area contributed by atoms with Gasteiger partial charge in [-0.05, 0) is 86.1 Å². The van der Waals surface area contributed by atoms with Gasteiger partial charge in [0, 0.05) is 34.3 Å². The lowest BCUT2D eigenvalue weighted by Crippen LogP contribution is -2.42. The quantitative estimate of drug-likeness (QED) is 0.563. The predicted octanol–water partition coefficient (Wildman–Crippen LogP) is 5.28. The fraction of sp³-hybridized carbons (Fsp3) is 0.400. The summed E-state index contributed by atoms with van der Waals surface area (Å²) in [4.78, 5) is 19.0. The lowest BCUT2D eigenvalue weighted by Gasteiger charge is -2.28. The third kappa shape index (κ3) is 3.84. The molecule has 0 radical (unpaired) electrons. The number of hydrogen-bond acceptors (Lipinski definition) is 4. The molecule has 4 nitrogen and oxygen atoms in total. The molecule has 156 valence electrons. The number of methoxy groups -OCH3 is 1. The van der Waals surface area contributed by atoms with Crippen LogP contribution >= 0.6 is 11.3 Å². The normalized spacial score (nSPS) is 19.6. The summed E-state index contributed by atoms with van der Waals surface area (Å²) in [6.45, 7) is 4.30. The number of carbonyl (C=O) groups is 1. The number of nitrogens with zero attached hydrogens (tertiary/aromatic N) is 2. The van der Waals surface area contributed by atoms with Gasteiger partial charge in [-0.3, -0.25) is 4.79 Å². The minimum absolute atomic E-state index is 0.185. The molecule has 0 saturated carbocycles. The first-order valence-corrected chi connectivity index (χ1v) is 11.7. The van der Waals surface area contributed by atoms with E-state index < -0.39 is 0 Å². The molecular formula is C25H28N2O2S. The molecule has 3 aromatic rings. The van der Waals surface area contributed by atoms with Crippen molar-refractivity contribution in [1.82, 2.24) is 9.80 Å². The highest BCUT2D eigenvalue weighted by Crippen LogP contribution is 2.35. The van der Waals surface area contributed by atoms with Gasteiger partial charge in [-0.25, -0.2) is 0 Å². The second kappa shape index (κ2) is 8.40. The maximum Gasteiger partial charge on any atom is 0.254 e. The fourth-order valence-electron chi connectivity index (χ4n) is 4.78. The number of amides is 1. The summed E-state index contributed by atoms with van der Waals surface area (Å²) in [6.07, 6.45) is 4.85. The molecule has 1 amide bonds. The van der Waals surface area contributed by atoms with Crippen molar-refractivity contribution in [1.29, 1.82) is 0 Å². The molecule has 1 aromatic heterocycles. The van der Waals surface area contributed by atoms with Gasteiger partial charge < -0.3 is 14.5 Å². The third-order valence-electron chi connectivity index (χ3n) is 6.45.